The molecule has 0 radical (unpaired) electrons. The molecule has 1 heterocycles. The quantitative estimate of drug-likeness (QED) is 0.860. The molecule has 18 heavy (non-hydrogen) atoms. The fourth-order valence-corrected chi connectivity index (χ4v) is 3.45. The lowest BCUT2D eigenvalue weighted by molar-refractivity contribution is 0.0946. The predicted molar refractivity (Wildman–Crippen MR) is 76.2 cm³/mol. The molecular weight excluding hydrogens is 244 g/mol. The SMILES string of the molecule is CCC(N)(CC)CNC(=O)c1cc2c(s1)CCC2. The predicted octanol–water partition coefficient (Wildman–Crippen LogP) is 2.48. The number of carbonyl (C=O) groups excluding carboxylic acids is 1. The lowest BCUT2D eigenvalue weighted by atomic mass is 9.94. The van der Waals surface area contributed by atoms with Crippen molar-refractivity contribution in [2.24, 2.45) is 5.73 Å². The molecule has 0 fully saturated rings. The Kier molecular flexibility index (Phi) is 4.07. The maximum absolute atomic E-state index is 12.1. The number of thiophene rings is 1. The summed E-state index contributed by atoms with van der Waals surface area (Å²) in [6.45, 7) is 4.69. The van der Waals surface area contributed by atoms with Crippen LogP contribution in [0.25, 0.3) is 0 Å². The van der Waals surface area contributed by atoms with Crippen LogP contribution in [0.5, 0.6) is 0 Å². The van der Waals surface area contributed by atoms with E-state index in [4.69, 9.17) is 5.73 Å². The Morgan fingerprint density at radius 3 is 2.78 bits per heavy atom. The minimum Gasteiger partial charge on any atom is -0.349 e. The first-order chi connectivity index (χ1) is 8.58. The van der Waals surface area contributed by atoms with Gasteiger partial charge in [0.2, 0.25) is 0 Å². The van der Waals surface area contributed by atoms with Crippen molar-refractivity contribution in [1.82, 2.24) is 5.32 Å². The number of aryl methyl sites for hydroxylation is 2. The fourth-order valence-electron chi connectivity index (χ4n) is 2.28. The van der Waals surface area contributed by atoms with Crippen LogP contribution in [0, 0.1) is 0 Å². The highest BCUT2D eigenvalue weighted by Crippen LogP contribution is 2.30. The smallest absolute Gasteiger partial charge is 0.261 e. The number of carbonyl (C=O) groups is 1. The number of hydrogen-bond acceptors (Lipinski definition) is 3. The van der Waals surface area contributed by atoms with Gasteiger partial charge >= 0.3 is 0 Å². The van der Waals surface area contributed by atoms with Crippen LogP contribution in [0.15, 0.2) is 6.07 Å². The first kappa shape index (κ1) is 13.6. The van der Waals surface area contributed by atoms with E-state index in [9.17, 15) is 4.79 Å². The maximum Gasteiger partial charge on any atom is 0.261 e. The minimum atomic E-state index is -0.268. The molecule has 0 aromatic carbocycles. The van der Waals surface area contributed by atoms with E-state index < -0.39 is 0 Å². The molecular formula is C14H22N2OS. The summed E-state index contributed by atoms with van der Waals surface area (Å²) < 4.78 is 0. The van der Waals surface area contributed by atoms with E-state index >= 15 is 0 Å². The number of nitrogens with two attached hydrogens (primary N) is 1. The Labute approximate surface area is 113 Å². The summed E-state index contributed by atoms with van der Waals surface area (Å²) in [5.41, 5.74) is 7.29. The second-order valence-electron chi connectivity index (χ2n) is 5.16. The highest BCUT2D eigenvalue weighted by molar-refractivity contribution is 7.14. The second-order valence-corrected chi connectivity index (χ2v) is 6.30. The summed E-state index contributed by atoms with van der Waals surface area (Å²) in [5, 5.41) is 2.98. The Hall–Kier alpha value is -0.870. The average molecular weight is 266 g/mol. The van der Waals surface area contributed by atoms with Crippen molar-refractivity contribution in [3.8, 4) is 0 Å². The van der Waals surface area contributed by atoms with Crippen LogP contribution in [-0.2, 0) is 12.8 Å². The van der Waals surface area contributed by atoms with Gasteiger partial charge in [0, 0.05) is 17.0 Å². The average Bonchev–Trinajstić information content (AvgIpc) is 2.96. The Balaban J connectivity index is 1.95. The third-order valence-electron chi connectivity index (χ3n) is 3.98. The third kappa shape index (κ3) is 2.75. The third-order valence-corrected chi connectivity index (χ3v) is 5.22. The topological polar surface area (TPSA) is 55.1 Å². The van der Waals surface area contributed by atoms with Crippen molar-refractivity contribution >= 4 is 17.2 Å². The summed E-state index contributed by atoms with van der Waals surface area (Å²) in [6, 6.07) is 2.05. The molecule has 4 heteroatoms. The first-order valence-corrected chi connectivity index (χ1v) is 7.58. The molecule has 1 aliphatic carbocycles. The van der Waals surface area contributed by atoms with Gasteiger partial charge in [-0.15, -0.1) is 11.3 Å². The van der Waals surface area contributed by atoms with Crippen molar-refractivity contribution in [2.45, 2.75) is 51.5 Å². The number of nitrogens with one attached hydrogen (secondary N) is 1. The van der Waals surface area contributed by atoms with Crippen molar-refractivity contribution < 1.29 is 4.79 Å². The van der Waals surface area contributed by atoms with Crippen LogP contribution >= 0.6 is 11.3 Å². The number of amides is 1. The lowest BCUT2D eigenvalue weighted by Crippen LogP contribution is -2.49. The van der Waals surface area contributed by atoms with Crippen molar-refractivity contribution in [2.75, 3.05) is 6.54 Å². The molecule has 0 aliphatic heterocycles. The molecule has 0 spiro atoms. The monoisotopic (exact) mass is 266 g/mol. The van der Waals surface area contributed by atoms with Crippen LogP contribution in [0.4, 0.5) is 0 Å². The highest BCUT2D eigenvalue weighted by Gasteiger charge is 2.23. The lowest BCUT2D eigenvalue weighted by Gasteiger charge is -2.26. The number of rotatable bonds is 5. The fraction of sp³-hybridized carbons (Fsp3) is 0.643. The van der Waals surface area contributed by atoms with Crippen molar-refractivity contribution in [1.29, 1.82) is 0 Å². The molecule has 1 aromatic heterocycles. The summed E-state index contributed by atoms with van der Waals surface area (Å²) >= 11 is 1.64. The molecule has 0 unspecified atom stereocenters. The first-order valence-electron chi connectivity index (χ1n) is 6.76. The molecule has 1 aromatic rings. The number of hydrogen-bond donors (Lipinski definition) is 2. The van der Waals surface area contributed by atoms with E-state index in [2.05, 4.69) is 25.2 Å². The zero-order valence-electron chi connectivity index (χ0n) is 11.2. The molecule has 3 N–H and O–H groups in total. The second kappa shape index (κ2) is 5.41. The molecule has 0 saturated carbocycles. The largest absolute Gasteiger partial charge is 0.349 e. The normalized spacial score (nSPS) is 14.6. The molecule has 1 aliphatic rings. The van der Waals surface area contributed by atoms with Gasteiger partial charge in [0.1, 0.15) is 0 Å². The molecule has 100 valence electrons. The summed E-state index contributed by atoms with van der Waals surface area (Å²) in [5.74, 6) is 0.0334. The summed E-state index contributed by atoms with van der Waals surface area (Å²) in [6.07, 6.45) is 5.26. The van der Waals surface area contributed by atoms with Crippen LogP contribution in [0.3, 0.4) is 0 Å². The number of fused-ring (bicyclic) bond motifs is 1. The van der Waals surface area contributed by atoms with Crippen molar-refractivity contribution in [3.63, 3.8) is 0 Å². The van der Waals surface area contributed by atoms with Gasteiger partial charge in [-0.1, -0.05) is 13.8 Å². The molecule has 0 bridgehead atoms. The van der Waals surface area contributed by atoms with Crippen LogP contribution in [0.1, 0.15) is 53.2 Å². The zero-order chi connectivity index (χ0) is 13.2. The van der Waals surface area contributed by atoms with E-state index in [1.54, 1.807) is 11.3 Å². The van der Waals surface area contributed by atoms with Crippen LogP contribution in [-0.4, -0.2) is 18.0 Å². The standard InChI is InChI=1S/C14H22N2OS/c1-3-14(15,4-2)9-16-13(17)12-8-10-6-5-7-11(10)18-12/h8H,3-7,9,15H2,1-2H3,(H,16,17). The molecule has 3 nitrogen and oxygen atoms in total. The van der Waals surface area contributed by atoms with Gasteiger partial charge in [-0.05, 0) is 43.7 Å². The molecule has 2 rings (SSSR count). The van der Waals surface area contributed by atoms with Gasteiger partial charge in [0.15, 0.2) is 0 Å². The van der Waals surface area contributed by atoms with Gasteiger partial charge in [-0.2, -0.15) is 0 Å². The van der Waals surface area contributed by atoms with Gasteiger partial charge < -0.3 is 11.1 Å². The van der Waals surface area contributed by atoms with E-state index in [0.717, 1.165) is 30.6 Å². The van der Waals surface area contributed by atoms with E-state index in [-0.39, 0.29) is 11.4 Å². The minimum absolute atomic E-state index is 0.0334. The van der Waals surface area contributed by atoms with Crippen LogP contribution in [0.2, 0.25) is 0 Å². The highest BCUT2D eigenvalue weighted by atomic mass is 32.1. The van der Waals surface area contributed by atoms with E-state index in [1.165, 1.54) is 16.9 Å². The maximum atomic E-state index is 12.1. The summed E-state index contributed by atoms with van der Waals surface area (Å²) in [7, 11) is 0. The van der Waals surface area contributed by atoms with Gasteiger partial charge in [0.25, 0.3) is 5.91 Å². The molecule has 1 amide bonds. The van der Waals surface area contributed by atoms with Crippen LogP contribution < -0.4 is 11.1 Å². The molecule has 0 atom stereocenters. The van der Waals surface area contributed by atoms with E-state index in [0.29, 0.717) is 6.54 Å². The van der Waals surface area contributed by atoms with E-state index in [1.807, 2.05) is 0 Å². The molecule has 0 saturated heterocycles. The van der Waals surface area contributed by atoms with Gasteiger partial charge in [-0.3, -0.25) is 4.79 Å². The zero-order valence-corrected chi connectivity index (χ0v) is 12.0. The van der Waals surface area contributed by atoms with Gasteiger partial charge in [-0.25, -0.2) is 0 Å². The Bertz CT molecular complexity index is 414. The summed E-state index contributed by atoms with van der Waals surface area (Å²) in [4.78, 5) is 14.3. The Morgan fingerprint density at radius 1 is 1.44 bits per heavy atom. The van der Waals surface area contributed by atoms with Crippen molar-refractivity contribution in [3.05, 3.63) is 21.4 Å². The Morgan fingerprint density at radius 2 is 2.17 bits per heavy atom. The van der Waals surface area contributed by atoms with Gasteiger partial charge in [0.05, 0.1) is 4.88 Å².